The van der Waals surface area contributed by atoms with E-state index in [2.05, 4.69) is 43.8 Å². The first-order chi connectivity index (χ1) is 11.8. The molecule has 0 heterocycles. The Morgan fingerprint density at radius 2 is 0.917 bits per heavy atom. The standard InChI is InChI=1S/C23H40S/c1-2-3-4-5-6-7-8-9-10-11-12-13-14-15-16-17-22-18-20-23(24)21-19-22/h18-21,24H,2-17H2,1H3. The van der Waals surface area contributed by atoms with Crippen LogP contribution in [-0.4, -0.2) is 0 Å². The van der Waals surface area contributed by atoms with Gasteiger partial charge in [0.05, 0.1) is 0 Å². The fraction of sp³-hybridized carbons (Fsp3) is 0.739. The summed E-state index contributed by atoms with van der Waals surface area (Å²) in [6.07, 6.45) is 22.8. The van der Waals surface area contributed by atoms with E-state index in [1.54, 1.807) is 0 Å². The minimum absolute atomic E-state index is 1.07. The van der Waals surface area contributed by atoms with Crippen LogP contribution in [0, 0.1) is 0 Å². The lowest BCUT2D eigenvalue weighted by Gasteiger charge is -2.04. The second-order valence-corrected chi connectivity index (χ2v) is 7.88. The lowest BCUT2D eigenvalue weighted by molar-refractivity contribution is 0.532. The summed E-state index contributed by atoms with van der Waals surface area (Å²) in [6, 6.07) is 8.63. The van der Waals surface area contributed by atoms with Crippen molar-refractivity contribution in [1.29, 1.82) is 0 Å². The van der Waals surface area contributed by atoms with Crippen molar-refractivity contribution in [2.75, 3.05) is 0 Å². The topological polar surface area (TPSA) is 0 Å². The zero-order valence-corrected chi connectivity index (χ0v) is 17.0. The van der Waals surface area contributed by atoms with Crippen LogP contribution in [-0.2, 0) is 6.42 Å². The Morgan fingerprint density at radius 1 is 0.542 bits per heavy atom. The van der Waals surface area contributed by atoms with Gasteiger partial charge in [0, 0.05) is 4.90 Å². The van der Waals surface area contributed by atoms with E-state index < -0.39 is 0 Å². The van der Waals surface area contributed by atoms with Crippen molar-refractivity contribution in [1.82, 2.24) is 0 Å². The minimum atomic E-state index is 1.07. The number of rotatable bonds is 16. The largest absolute Gasteiger partial charge is 0.143 e. The van der Waals surface area contributed by atoms with Gasteiger partial charge in [0.25, 0.3) is 0 Å². The van der Waals surface area contributed by atoms with Gasteiger partial charge in [0.1, 0.15) is 0 Å². The van der Waals surface area contributed by atoms with Gasteiger partial charge >= 0.3 is 0 Å². The monoisotopic (exact) mass is 348 g/mol. The Hall–Kier alpha value is -0.430. The van der Waals surface area contributed by atoms with Gasteiger partial charge in [0.15, 0.2) is 0 Å². The summed E-state index contributed by atoms with van der Waals surface area (Å²) >= 11 is 4.33. The average molecular weight is 349 g/mol. The molecule has 0 atom stereocenters. The molecule has 138 valence electrons. The first kappa shape index (κ1) is 21.6. The first-order valence-electron chi connectivity index (χ1n) is 10.6. The van der Waals surface area contributed by atoms with Gasteiger partial charge in [-0.05, 0) is 30.5 Å². The molecule has 1 rings (SSSR count). The predicted octanol–water partition coefficient (Wildman–Crippen LogP) is 8.39. The Bertz CT molecular complexity index is 368. The number of aryl methyl sites for hydroxylation is 1. The van der Waals surface area contributed by atoms with E-state index in [9.17, 15) is 0 Å². The van der Waals surface area contributed by atoms with Crippen molar-refractivity contribution < 1.29 is 0 Å². The second kappa shape index (κ2) is 16.1. The van der Waals surface area contributed by atoms with E-state index in [-0.39, 0.29) is 0 Å². The summed E-state index contributed by atoms with van der Waals surface area (Å²) in [7, 11) is 0. The lowest BCUT2D eigenvalue weighted by Crippen LogP contribution is -1.86. The summed E-state index contributed by atoms with van der Waals surface area (Å²) in [6.45, 7) is 2.29. The Kier molecular flexibility index (Phi) is 14.5. The summed E-state index contributed by atoms with van der Waals surface area (Å²) in [5, 5.41) is 0. The molecule has 0 fully saturated rings. The molecule has 0 aliphatic rings. The molecule has 0 bridgehead atoms. The SMILES string of the molecule is CCCCCCCCCCCCCCCCCc1ccc(S)cc1. The molecule has 1 heteroatoms. The number of benzene rings is 1. The van der Waals surface area contributed by atoms with Gasteiger partial charge < -0.3 is 0 Å². The summed E-state index contributed by atoms with van der Waals surface area (Å²) in [4.78, 5) is 1.07. The molecular weight excluding hydrogens is 308 g/mol. The fourth-order valence-corrected chi connectivity index (χ4v) is 3.51. The molecule has 0 amide bonds. The number of thiol groups is 1. The van der Waals surface area contributed by atoms with E-state index in [0.29, 0.717) is 0 Å². The highest BCUT2D eigenvalue weighted by Gasteiger charge is 1.96. The molecule has 0 aliphatic heterocycles. The molecular formula is C23H40S. The van der Waals surface area contributed by atoms with Crippen LogP contribution in [0.3, 0.4) is 0 Å². The maximum atomic E-state index is 4.33. The van der Waals surface area contributed by atoms with Crippen molar-refractivity contribution in [2.24, 2.45) is 0 Å². The van der Waals surface area contributed by atoms with Gasteiger partial charge in [-0.1, -0.05) is 109 Å². The van der Waals surface area contributed by atoms with Gasteiger partial charge in [-0.25, -0.2) is 0 Å². The molecule has 0 nitrogen and oxygen atoms in total. The fourth-order valence-electron chi connectivity index (χ4n) is 3.36. The molecule has 0 unspecified atom stereocenters. The molecule has 0 saturated carbocycles. The van der Waals surface area contributed by atoms with Crippen molar-refractivity contribution in [3.05, 3.63) is 29.8 Å². The maximum absolute atomic E-state index is 4.33. The van der Waals surface area contributed by atoms with Crippen LogP contribution in [0.1, 0.15) is 109 Å². The second-order valence-electron chi connectivity index (χ2n) is 7.37. The normalized spacial score (nSPS) is 11.1. The van der Waals surface area contributed by atoms with Crippen LogP contribution in [0.25, 0.3) is 0 Å². The average Bonchev–Trinajstić information content (AvgIpc) is 2.60. The zero-order chi connectivity index (χ0) is 17.3. The molecule has 0 aromatic heterocycles. The number of hydrogen-bond donors (Lipinski definition) is 1. The highest BCUT2D eigenvalue weighted by Crippen LogP contribution is 2.15. The van der Waals surface area contributed by atoms with Gasteiger partial charge in [0.2, 0.25) is 0 Å². The van der Waals surface area contributed by atoms with E-state index in [0.717, 1.165) is 4.90 Å². The van der Waals surface area contributed by atoms with E-state index in [1.807, 2.05) is 0 Å². The minimum Gasteiger partial charge on any atom is -0.143 e. The van der Waals surface area contributed by atoms with Gasteiger partial charge in [-0.15, -0.1) is 12.6 Å². The van der Waals surface area contributed by atoms with Crippen molar-refractivity contribution >= 4 is 12.6 Å². The van der Waals surface area contributed by atoms with Crippen molar-refractivity contribution in [2.45, 2.75) is 115 Å². The van der Waals surface area contributed by atoms with Crippen LogP contribution in [0.15, 0.2) is 29.2 Å². The van der Waals surface area contributed by atoms with E-state index in [1.165, 1.54) is 108 Å². The highest BCUT2D eigenvalue weighted by atomic mass is 32.1. The summed E-state index contributed by atoms with van der Waals surface area (Å²) < 4.78 is 0. The molecule has 0 aliphatic carbocycles. The van der Waals surface area contributed by atoms with Crippen LogP contribution in [0.5, 0.6) is 0 Å². The Morgan fingerprint density at radius 3 is 1.33 bits per heavy atom. The quantitative estimate of drug-likeness (QED) is 0.225. The third-order valence-corrected chi connectivity index (χ3v) is 5.30. The number of unbranched alkanes of at least 4 members (excludes halogenated alkanes) is 14. The lowest BCUT2D eigenvalue weighted by atomic mass is 10.0. The zero-order valence-electron chi connectivity index (χ0n) is 16.1. The predicted molar refractivity (Wildman–Crippen MR) is 112 cm³/mol. The Labute approximate surface area is 157 Å². The molecule has 1 aromatic rings. The van der Waals surface area contributed by atoms with Crippen LogP contribution in [0.2, 0.25) is 0 Å². The van der Waals surface area contributed by atoms with Crippen LogP contribution < -0.4 is 0 Å². The molecule has 1 aromatic carbocycles. The molecule has 0 radical (unpaired) electrons. The van der Waals surface area contributed by atoms with Gasteiger partial charge in [-0.2, -0.15) is 0 Å². The summed E-state index contributed by atoms with van der Waals surface area (Å²) in [5.74, 6) is 0. The van der Waals surface area contributed by atoms with Crippen molar-refractivity contribution in [3.63, 3.8) is 0 Å². The highest BCUT2D eigenvalue weighted by molar-refractivity contribution is 7.80. The Balaban J connectivity index is 1.75. The third-order valence-electron chi connectivity index (χ3n) is 5.01. The number of hydrogen-bond acceptors (Lipinski definition) is 1. The maximum Gasteiger partial charge on any atom is 0.00401 e. The first-order valence-corrected chi connectivity index (χ1v) is 11.1. The van der Waals surface area contributed by atoms with E-state index in [4.69, 9.17) is 0 Å². The van der Waals surface area contributed by atoms with Crippen LogP contribution >= 0.6 is 12.6 Å². The van der Waals surface area contributed by atoms with E-state index >= 15 is 0 Å². The molecule has 0 saturated heterocycles. The molecule has 0 N–H and O–H groups in total. The van der Waals surface area contributed by atoms with Crippen LogP contribution in [0.4, 0.5) is 0 Å². The molecule has 24 heavy (non-hydrogen) atoms. The van der Waals surface area contributed by atoms with Crippen molar-refractivity contribution in [3.8, 4) is 0 Å². The third kappa shape index (κ3) is 12.9. The molecule has 0 spiro atoms. The summed E-state index contributed by atoms with van der Waals surface area (Å²) in [5.41, 5.74) is 1.46. The van der Waals surface area contributed by atoms with Gasteiger partial charge in [-0.3, -0.25) is 0 Å². The smallest absolute Gasteiger partial charge is 0.00401 e.